The lowest BCUT2D eigenvalue weighted by Crippen LogP contribution is -2.62. The summed E-state index contributed by atoms with van der Waals surface area (Å²) in [7, 11) is 1.66. The van der Waals surface area contributed by atoms with Crippen molar-refractivity contribution in [1.82, 2.24) is 5.32 Å². The number of hydrogen-bond donors (Lipinski definition) is 2. The molecule has 0 radical (unpaired) electrons. The van der Waals surface area contributed by atoms with Crippen molar-refractivity contribution in [3.8, 4) is 0 Å². The van der Waals surface area contributed by atoms with E-state index >= 15 is 0 Å². The summed E-state index contributed by atoms with van der Waals surface area (Å²) in [6.07, 6.45) is 0.818. The first-order chi connectivity index (χ1) is 7.39. The Balaban J connectivity index is 2.32. The van der Waals surface area contributed by atoms with Crippen molar-refractivity contribution in [2.45, 2.75) is 37.9 Å². The lowest BCUT2D eigenvalue weighted by atomic mass is 9.92. The number of aliphatic carboxylic acids is 1. The maximum absolute atomic E-state index is 10.7. The fourth-order valence-corrected chi connectivity index (χ4v) is 1.57. The van der Waals surface area contributed by atoms with Crippen molar-refractivity contribution in [2.75, 3.05) is 26.8 Å². The zero-order valence-corrected chi connectivity index (χ0v) is 10.2. The Bertz CT molecular complexity index is 248. The highest BCUT2D eigenvalue weighted by Crippen LogP contribution is 2.23. The van der Waals surface area contributed by atoms with E-state index in [4.69, 9.17) is 14.6 Å². The van der Waals surface area contributed by atoms with Crippen LogP contribution in [0.2, 0.25) is 0 Å². The number of ether oxygens (including phenoxy) is 2. The second-order valence-electron chi connectivity index (χ2n) is 4.92. The zero-order valence-electron chi connectivity index (χ0n) is 10.2. The van der Waals surface area contributed by atoms with E-state index in [0.717, 1.165) is 6.42 Å². The lowest BCUT2D eigenvalue weighted by Gasteiger charge is -2.41. The van der Waals surface area contributed by atoms with Gasteiger partial charge in [-0.1, -0.05) is 0 Å². The average molecular weight is 231 g/mol. The van der Waals surface area contributed by atoms with Gasteiger partial charge in [-0.2, -0.15) is 0 Å². The molecule has 0 atom stereocenters. The molecule has 5 nitrogen and oxygen atoms in total. The fraction of sp³-hybridized carbons (Fsp3) is 0.909. The van der Waals surface area contributed by atoms with E-state index in [1.807, 2.05) is 13.8 Å². The van der Waals surface area contributed by atoms with Crippen molar-refractivity contribution < 1.29 is 19.4 Å². The van der Waals surface area contributed by atoms with Gasteiger partial charge in [0.25, 0.3) is 0 Å². The van der Waals surface area contributed by atoms with Gasteiger partial charge in [-0.15, -0.1) is 0 Å². The highest BCUT2D eigenvalue weighted by Gasteiger charge is 2.40. The molecule has 0 aliphatic carbocycles. The number of carboxylic acid groups (broad SMARTS) is 1. The van der Waals surface area contributed by atoms with Gasteiger partial charge in [0.05, 0.1) is 18.6 Å². The highest BCUT2D eigenvalue weighted by molar-refractivity contribution is 5.68. The molecule has 0 spiro atoms. The SMILES string of the molecule is COC(C)(C)CCOC1(CC(=O)O)CNC1. The summed E-state index contributed by atoms with van der Waals surface area (Å²) >= 11 is 0. The average Bonchev–Trinajstić information content (AvgIpc) is 2.13. The van der Waals surface area contributed by atoms with Gasteiger partial charge in [-0.3, -0.25) is 4.79 Å². The smallest absolute Gasteiger partial charge is 0.306 e. The molecule has 16 heavy (non-hydrogen) atoms. The molecule has 0 unspecified atom stereocenters. The normalized spacial score (nSPS) is 19.2. The summed E-state index contributed by atoms with van der Waals surface area (Å²) in [6.45, 7) is 5.73. The van der Waals surface area contributed by atoms with Crippen LogP contribution >= 0.6 is 0 Å². The minimum Gasteiger partial charge on any atom is -0.481 e. The quantitative estimate of drug-likeness (QED) is 0.673. The lowest BCUT2D eigenvalue weighted by molar-refractivity contribution is -0.152. The molecule has 94 valence electrons. The third-order valence-corrected chi connectivity index (χ3v) is 3.03. The van der Waals surface area contributed by atoms with Gasteiger partial charge in [0, 0.05) is 20.2 Å². The van der Waals surface area contributed by atoms with Crippen LogP contribution in [0.4, 0.5) is 0 Å². The van der Waals surface area contributed by atoms with Crippen LogP contribution in [0, 0.1) is 0 Å². The number of nitrogens with one attached hydrogen (secondary N) is 1. The molecular formula is C11H21NO4. The number of hydrogen-bond acceptors (Lipinski definition) is 4. The summed E-state index contributed by atoms with van der Waals surface area (Å²) in [5.41, 5.74) is -0.725. The van der Waals surface area contributed by atoms with Crippen LogP contribution in [0.5, 0.6) is 0 Å². The number of methoxy groups -OCH3 is 1. The predicted octanol–water partition coefficient (Wildman–Crippen LogP) is 0.635. The second kappa shape index (κ2) is 5.12. The van der Waals surface area contributed by atoms with E-state index in [0.29, 0.717) is 19.7 Å². The van der Waals surface area contributed by atoms with Crippen LogP contribution in [-0.2, 0) is 14.3 Å². The van der Waals surface area contributed by atoms with Gasteiger partial charge in [0.2, 0.25) is 0 Å². The van der Waals surface area contributed by atoms with E-state index in [9.17, 15) is 4.79 Å². The topological polar surface area (TPSA) is 67.8 Å². The third kappa shape index (κ3) is 3.73. The minimum absolute atomic E-state index is 0.0629. The molecule has 0 saturated carbocycles. The van der Waals surface area contributed by atoms with Crippen molar-refractivity contribution in [3.05, 3.63) is 0 Å². The molecule has 2 N–H and O–H groups in total. The first-order valence-corrected chi connectivity index (χ1v) is 5.51. The summed E-state index contributed by atoms with van der Waals surface area (Å²) in [5.74, 6) is -0.812. The molecule has 0 bridgehead atoms. The molecule has 0 aromatic heterocycles. The van der Waals surface area contributed by atoms with E-state index in [-0.39, 0.29) is 12.0 Å². The second-order valence-corrected chi connectivity index (χ2v) is 4.92. The van der Waals surface area contributed by atoms with Crippen LogP contribution in [0.25, 0.3) is 0 Å². The largest absolute Gasteiger partial charge is 0.481 e. The van der Waals surface area contributed by atoms with Crippen molar-refractivity contribution in [3.63, 3.8) is 0 Å². The summed E-state index contributed by atoms with van der Waals surface area (Å²) in [6, 6.07) is 0. The Labute approximate surface area is 96.1 Å². The summed E-state index contributed by atoms with van der Waals surface area (Å²) in [4.78, 5) is 10.7. The molecule has 1 aliphatic heterocycles. The third-order valence-electron chi connectivity index (χ3n) is 3.03. The Kier molecular flexibility index (Phi) is 4.29. The fourth-order valence-electron chi connectivity index (χ4n) is 1.57. The standard InChI is InChI=1S/C11H21NO4/c1-10(2,15-3)4-5-16-11(6-9(13)14)7-12-8-11/h12H,4-8H2,1-3H3,(H,13,14). The highest BCUT2D eigenvalue weighted by atomic mass is 16.5. The van der Waals surface area contributed by atoms with Crippen molar-refractivity contribution in [2.24, 2.45) is 0 Å². The Morgan fingerprint density at radius 2 is 2.12 bits per heavy atom. The number of carbonyl (C=O) groups is 1. The first-order valence-electron chi connectivity index (χ1n) is 5.51. The molecule has 5 heteroatoms. The van der Waals surface area contributed by atoms with Crippen LogP contribution in [0.1, 0.15) is 26.7 Å². The van der Waals surface area contributed by atoms with Gasteiger partial charge in [0.15, 0.2) is 0 Å². The molecule has 0 aromatic rings. The molecular weight excluding hydrogens is 210 g/mol. The van der Waals surface area contributed by atoms with E-state index in [1.165, 1.54) is 0 Å². The monoisotopic (exact) mass is 231 g/mol. The molecule has 1 heterocycles. The zero-order chi connectivity index (χ0) is 12.2. The van der Waals surface area contributed by atoms with E-state index in [2.05, 4.69) is 5.32 Å². The molecule has 0 aromatic carbocycles. The van der Waals surface area contributed by atoms with Gasteiger partial charge >= 0.3 is 5.97 Å². The molecule has 1 rings (SSSR count). The van der Waals surface area contributed by atoms with Crippen LogP contribution in [0.3, 0.4) is 0 Å². The van der Waals surface area contributed by atoms with Gasteiger partial charge in [-0.05, 0) is 20.3 Å². The molecule has 1 saturated heterocycles. The van der Waals surface area contributed by atoms with Gasteiger partial charge < -0.3 is 19.9 Å². The summed E-state index contributed by atoms with van der Waals surface area (Å²) < 4.78 is 11.0. The Morgan fingerprint density at radius 3 is 2.50 bits per heavy atom. The van der Waals surface area contributed by atoms with Crippen molar-refractivity contribution in [1.29, 1.82) is 0 Å². The Hall–Kier alpha value is -0.650. The number of rotatable bonds is 7. The van der Waals surface area contributed by atoms with E-state index < -0.39 is 11.6 Å². The number of carboxylic acids is 1. The Morgan fingerprint density at radius 1 is 1.50 bits per heavy atom. The maximum atomic E-state index is 10.7. The predicted molar refractivity (Wildman–Crippen MR) is 59.5 cm³/mol. The van der Waals surface area contributed by atoms with Crippen LogP contribution in [0.15, 0.2) is 0 Å². The van der Waals surface area contributed by atoms with Gasteiger partial charge in [-0.25, -0.2) is 0 Å². The minimum atomic E-state index is -0.812. The van der Waals surface area contributed by atoms with Crippen molar-refractivity contribution >= 4 is 5.97 Å². The maximum Gasteiger partial charge on any atom is 0.306 e. The molecule has 1 aliphatic rings. The summed E-state index contributed by atoms with van der Waals surface area (Å²) in [5, 5.41) is 11.8. The van der Waals surface area contributed by atoms with Crippen LogP contribution < -0.4 is 5.32 Å². The van der Waals surface area contributed by atoms with Crippen LogP contribution in [-0.4, -0.2) is 49.1 Å². The van der Waals surface area contributed by atoms with E-state index in [1.54, 1.807) is 7.11 Å². The first kappa shape index (κ1) is 13.4. The molecule has 0 amide bonds. The van der Waals surface area contributed by atoms with Gasteiger partial charge in [0.1, 0.15) is 5.60 Å². The molecule has 1 fully saturated rings.